The number of hydrogen-bond acceptors (Lipinski definition) is 2. The van der Waals surface area contributed by atoms with Gasteiger partial charge in [0.05, 0.1) is 11.6 Å². The Morgan fingerprint density at radius 3 is 2.68 bits per heavy atom. The van der Waals surface area contributed by atoms with Gasteiger partial charge in [0.1, 0.15) is 5.75 Å². The van der Waals surface area contributed by atoms with Gasteiger partial charge in [-0.25, -0.2) is 0 Å². The topological polar surface area (TPSA) is 21.3 Å². The lowest BCUT2D eigenvalue weighted by atomic mass is 9.89. The summed E-state index contributed by atoms with van der Waals surface area (Å²) >= 11 is 9.64. The normalized spacial score (nSPS) is 23.3. The van der Waals surface area contributed by atoms with Gasteiger partial charge in [0, 0.05) is 11.9 Å². The molecule has 2 nitrogen and oxygen atoms in total. The van der Waals surface area contributed by atoms with E-state index < -0.39 is 0 Å². The molecule has 0 amide bonds. The Morgan fingerprint density at radius 2 is 2.05 bits per heavy atom. The van der Waals surface area contributed by atoms with Gasteiger partial charge in [-0.1, -0.05) is 6.07 Å². The number of rotatable bonds is 5. The van der Waals surface area contributed by atoms with Crippen LogP contribution in [0.5, 0.6) is 5.75 Å². The second-order valence-electron chi connectivity index (χ2n) is 5.22. The SMILES string of the molecule is COc1ccc(CNCC2CCC(Cl)CC2)cc1Br. The zero-order chi connectivity index (χ0) is 13.7. The molecule has 0 atom stereocenters. The van der Waals surface area contributed by atoms with Crippen LogP contribution in [-0.4, -0.2) is 19.0 Å². The van der Waals surface area contributed by atoms with E-state index in [4.69, 9.17) is 16.3 Å². The van der Waals surface area contributed by atoms with Crippen LogP contribution in [-0.2, 0) is 6.54 Å². The highest BCUT2D eigenvalue weighted by Crippen LogP contribution is 2.27. The molecule has 2 rings (SSSR count). The van der Waals surface area contributed by atoms with Crippen LogP contribution < -0.4 is 10.1 Å². The zero-order valence-electron chi connectivity index (χ0n) is 11.3. The quantitative estimate of drug-likeness (QED) is 0.801. The molecule has 0 bridgehead atoms. The Morgan fingerprint density at radius 1 is 1.32 bits per heavy atom. The molecular formula is C15H21BrClNO. The van der Waals surface area contributed by atoms with Crippen molar-refractivity contribution in [2.75, 3.05) is 13.7 Å². The Kier molecular flexibility index (Phi) is 5.99. The fourth-order valence-electron chi connectivity index (χ4n) is 2.57. The minimum Gasteiger partial charge on any atom is -0.496 e. The maximum atomic E-state index is 6.12. The van der Waals surface area contributed by atoms with E-state index in [2.05, 4.69) is 33.4 Å². The molecule has 0 aromatic heterocycles. The summed E-state index contributed by atoms with van der Waals surface area (Å²) in [6.07, 6.45) is 4.85. The van der Waals surface area contributed by atoms with Gasteiger partial charge in [-0.2, -0.15) is 0 Å². The van der Waals surface area contributed by atoms with Crippen LogP contribution in [0.3, 0.4) is 0 Å². The molecule has 0 saturated heterocycles. The fourth-order valence-corrected chi connectivity index (χ4v) is 3.41. The second kappa shape index (κ2) is 7.51. The van der Waals surface area contributed by atoms with Crippen LogP contribution >= 0.6 is 27.5 Å². The average Bonchev–Trinajstić information content (AvgIpc) is 2.41. The maximum absolute atomic E-state index is 6.12. The van der Waals surface area contributed by atoms with E-state index in [9.17, 15) is 0 Å². The van der Waals surface area contributed by atoms with E-state index in [-0.39, 0.29) is 0 Å². The van der Waals surface area contributed by atoms with Crippen LogP contribution in [0.4, 0.5) is 0 Å². The Balaban J connectivity index is 1.75. The number of alkyl halides is 1. The lowest BCUT2D eigenvalue weighted by molar-refractivity contribution is 0.345. The minimum absolute atomic E-state index is 0.411. The van der Waals surface area contributed by atoms with Gasteiger partial charge in [0.15, 0.2) is 0 Å². The molecule has 0 aliphatic heterocycles. The highest BCUT2D eigenvalue weighted by atomic mass is 79.9. The standard InChI is InChI=1S/C15H21BrClNO/c1-19-15-7-4-12(8-14(15)16)10-18-9-11-2-5-13(17)6-3-11/h4,7-8,11,13,18H,2-3,5-6,9-10H2,1H3. The molecule has 19 heavy (non-hydrogen) atoms. The molecule has 1 aliphatic rings. The van der Waals surface area contributed by atoms with Crippen molar-refractivity contribution >= 4 is 27.5 Å². The first kappa shape index (κ1) is 15.1. The molecule has 4 heteroatoms. The molecule has 0 heterocycles. The van der Waals surface area contributed by atoms with Crippen molar-refractivity contribution in [3.8, 4) is 5.75 Å². The molecule has 0 unspecified atom stereocenters. The summed E-state index contributed by atoms with van der Waals surface area (Å²) in [7, 11) is 1.69. The molecule has 106 valence electrons. The molecule has 1 aromatic carbocycles. The van der Waals surface area contributed by atoms with E-state index >= 15 is 0 Å². The minimum atomic E-state index is 0.411. The highest BCUT2D eigenvalue weighted by Gasteiger charge is 2.18. The average molecular weight is 347 g/mol. The molecular weight excluding hydrogens is 326 g/mol. The summed E-state index contributed by atoms with van der Waals surface area (Å²) in [5.74, 6) is 1.67. The van der Waals surface area contributed by atoms with Crippen LogP contribution in [0.25, 0.3) is 0 Å². The Hall–Kier alpha value is -0.250. The number of methoxy groups -OCH3 is 1. The molecule has 0 spiro atoms. The van der Waals surface area contributed by atoms with E-state index in [1.165, 1.54) is 31.2 Å². The lowest BCUT2D eigenvalue weighted by Crippen LogP contribution is -2.26. The second-order valence-corrected chi connectivity index (χ2v) is 6.69. The maximum Gasteiger partial charge on any atom is 0.133 e. The first-order valence-corrected chi connectivity index (χ1v) is 8.09. The third kappa shape index (κ3) is 4.66. The summed E-state index contributed by atoms with van der Waals surface area (Å²) in [6.45, 7) is 2.00. The first-order valence-electron chi connectivity index (χ1n) is 6.86. The summed E-state index contributed by atoms with van der Waals surface area (Å²) < 4.78 is 6.24. The Bertz CT molecular complexity index is 405. The predicted octanol–water partition coefficient (Wildman–Crippen LogP) is 4.34. The van der Waals surface area contributed by atoms with Gasteiger partial charge < -0.3 is 10.1 Å². The molecule has 1 fully saturated rings. The van der Waals surface area contributed by atoms with Crippen LogP contribution in [0.2, 0.25) is 0 Å². The summed E-state index contributed by atoms with van der Waals surface area (Å²) in [6, 6.07) is 6.22. The zero-order valence-corrected chi connectivity index (χ0v) is 13.6. The molecule has 1 aromatic rings. The van der Waals surface area contributed by atoms with Crippen molar-refractivity contribution in [3.05, 3.63) is 28.2 Å². The van der Waals surface area contributed by atoms with Crippen molar-refractivity contribution in [1.29, 1.82) is 0 Å². The van der Waals surface area contributed by atoms with E-state index in [0.717, 1.165) is 29.2 Å². The van der Waals surface area contributed by atoms with Crippen molar-refractivity contribution in [3.63, 3.8) is 0 Å². The van der Waals surface area contributed by atoms with E-state index in [1.807, 2.05) is 6.07 Å². The van der Waals surface area contributed by atoms with Gasteiger partial charge in [-0.3, -0.25) is 0 Å². The van der Waals surface area contributed by atoms with Crippen LogP contribution in [0, 0.1) is 5.92 Å². The van der Waals surface area contributed by atoms with Gasteiger partial charge >= 0.3 is 0 Å². The number of hydrogen-bond donors (Lipinski definition) is 1. The van der Waals surface area contributed by atoms with E-state index in [0.29, 0.717) is 5.38 Å². The van der Waals surface area contributed by atoms with Gasteiger partial charge in [-0.15, -0.1) is 11.6 Å². The summed E-state index contributed by atoms with van der Waals surface area (Å²) in [5, 5.41) is 3.96. The number of nitrogens with one attached hydrogen (secondary N) is 1. The Labute approximate surface area is 129 Å². The van der Waals surface area contributed by atoms with Crippen LogP contribution in [0.15, 0.2) is 22.7 Å². The van der Waals surface area contributed by atoms with Crippen molar-refractivity contribution in [1.82, 2.24) is 5.32 Å². The smallest absolute Gasteiger partial charge is 0.133 e. The fraction of sp³-hybridized carbons (Fsp3) is 0.600. The third-order valence-corrected chi connectivity index (χ3v) is 4.81. The first-order chi connectivity index (χ1) is 9.19. The highest BCUT2D eigenvalue weighted by molar-refractivity contribution is 9.10. The predicted molar refractivity (Wildman–Crippen MR) is 84.0 cm³/mol. The monoisotopic (exact) mass is 345 g/mol. The van der Waals surface area contributed by atoms with Gasteiger partial charge in [0.2, 0.25) is 0 Å². The third-order valence-electron chi connectivity index (χ3n) is 3.75. The van der Waals surface area contributed by atoms with Crippen molar-refractivity contribution in [2.45, 2.75) is 37.6 Å². The van der Waals surface area contributed by atoms with E-state index in [1.54, 1.807) is 7.11 Å². The molecule has 1 aliphatic carbocycles. The number of ether oxygens (including phenoxy) is 1. The molecule has 1 saturated carbocycles. The van der Waals surface area contributed by atoms with Gasteiger partial charge in [-0.05, 0) is 71.8 Å². The largest absolute Gasteiger partial charge is 0.496 e. The molecule has 1 N–H and O–H groups in total. The number of benzene rings is 1. The molecule has 0 radical (unpaired) electrons. The summed E-state index contributed by atoms with van der Waals surface area (Å²) in [4.78, 5) is 0. The summed E-state index contributed by atoms with van der Waals surface area (Å²) in [5.41, 5.74) is 1.28. The number of halogens is 2. The lowest BCUT2D eigenvalue weighted by Gasteiger charge is -2.25. The van der Waals surface area contributed by atoms with Crippen molar-refractivity contribution < 1.29 is 4.74 Å². The van der Waals surface area contributed by atoms with Crippen LogP contribution in [0.1, 0.15) is 31.2 Å². The van der Waals surface area contributed by atoms with Crippen molar-refractivity contribution in [2.24, 2.45) is 5.92 Å². The van der Waals surface area contributed by atoms with Gasteiger partial charge in [0.25, 0.3) is 0 Å².